The number of rotatable bonds is 4. The molecule has 0 spiro atoms. The van der Waals surface area contributed by atoms with E-state index in [4.69, 9.17) is 21.4 Å². The molecule has 1 amide bonds. The molecule has 19 heavy (non-hydrogen) atoms. The topological polar surface area (TPSA) is 58.6 Å². The van der Waals surface area contributed by atoms with E-state index in [0.717, 1.165) is 11.3 Å². The van der Waals surface area contributed by atoms with Crippen molar-refractivity contribution in [3.05, 3.63) is 34.4 Å². The van der Waals surface area contributed by atoms with Crippen LogP contribution in [0, 0.1) is 5.92 Å². The van der Waals surface area contributed by atoms with Crippen molar-refractivity contribution in [2.45, 2.75) is 6.92 Å². The van der Waals surface area contributed by atoms with E-state index in [-0.39, 0.29) is 25.0 Å². The molecule has 4 nitrogen and oxygen atoms in total. The second-order valence-corrected chi connectivity index (χ2v) is 5.07. The van der Waals surface area contributed by atoms with E-state index < -0.39 is 0 Å². The zero-order chi connectivity index (χ0) is 13.8. The second kappa shape index (κ2) is 6.08. The van der Waals surface area contributed by atoms with Crippen molar-refractivity contribution in [2.24, 2.45) is 5.92 Å². The summed E-state index contributed by atoms with van der Waals surface area (Å²) < 4.78 is 5.51. The molecule has 2 rings (SSSR count). The summed E-state index contributed by atoms with van der Waals surface area (Å²) in [5.74, 6) is 0.589. The highest BCUT2D eigenvalue weighted by molar-refractivity contribution is 6.30. The summed E-state index contributed by atoms with van der Waals surface area (Å²) in [6.45, 7) is 2.60. The van der Waals surface area contributed by atoms with Gasteiger partial charge in [-0.15, -0.1) is 0 Å². The molecular weight excluding hydrogens is 266 g/mol. The molecule has 0 aliphatic carbocycles. The van der Waals surface area contributed by atoms with Gasteiger partial charge >= 0.3 is 0 Å². The van der Waals surface area contributed by atoms with Gasteiger partial charge in [-0.2, -0.15) is 0 Å². The number of benzene rings is 1. The first-order chi connectivity index (χ1) is 9.10. The van der Waals surface area contributed by atoms with E-state index in [2.05, 4.69) is 5.32 Å². The number of aliphatic hydroxyl groups excluding tert-OH is 1. The van der Waals surface area contributed by atoms with E-state index in [1.165, 1.54) is 0 Å². The molecule has 102 valence electrons. The molecule has 2 N–H and O–H groups in total. The lowest BCUT2D eigenvalue weighted by molar-refractivity contribution is -0.118. The first kappa shape index (κ1) is 13.9. The number of nitrogens with one attached hydrogen (secondary N) is 1. The predicted molar refractivity (Wildman–Crippen MR) is 74.2 cm³/mol. The Morgan fingerprint density at radius 3 is 3.11 bits per heavy atom. The quantitative estimate of drug-likeness (QED) is 0.886. The monoisotopic (exact) mass is 281 g/mol. The van der Waals surface area contributed by atoms with E-state index in [1.54, 1.807) is 24.3 Å². The number of carbonyl (C=O) groups excluding carboxylic acids is 1. The standard InChI is InChI=1S/C14H16ClNO3/c1-9(7-17)6-16-14(18)11-4-10-5-12(15)2-3-13(10)19-8-11/h2-5,9,17H,6-8H2,1H3,(H,16,18). The van der Waals surface area contributed by atoms with Crippen LogP contribution in [-0.2, 0) is 4.79 Å². The fourth-order valence-corrected chi connectivity index (χ4v) is 1.91. The Hall–Kier alpha value is -1.52. The van der Waals surface area contributed by atoms with Crippen LogP contribution in [-0.4, -0.2) is 30.8 Å². The third kappa shape index (κ3) is 3.49. The van der Waals surface area contributed by atoms with Crippen LogP contribution in [0.4, 0.5) is 0 Å². The minimum Gasteiger partial charge on any atom is -0.488 e. The van der Waals surface area contributed by atoms with Crippen LogP contribution in [0.15, 0.2) is 23.8 Å². The first-order valence-corrected chi connectivity index (χ1v) is 6.50. The molecule has 5 heteroatoms. The van der Waals surface area contributed by atoms with Crippen molar-refractivity contribution in [1.82, 2.24) is 5.32 Å². The van der Waals surface area contributed by atoms with Crippen molar-refractivity contribution in [3.8, 4) is 5.75 Å². The number of hydrogen-bond acceptors (Lipinski definition) is 3. The minimum absolute atomic E-state index is 0.0378. The van der Waals surface area contributed by atoms with Crippen molar-refractivity contribution in [3.63, 3.8) is 0 Å². The van der Waals surface area contributed by atoms with E-state index >= 15 is 0 Å². The lowest BCUT2D eigenvalue weighted by atomic mass is 10.1. The molecule has 0 aromatic heterocycles. The van der Waals surface area contributed by atoms with Gasteiger partial charge in [-0.3, -0.25) is 4.79 Å². The smallest absolute Gasteiger partial charge is 0.250 e. The summed E-state index contributed by atoms with van der Waals surface area (Å²) in [4.78, 5) is 11.9. The van der Waals surface area contributed by atoms with Crippen molar-refractivity contribution in [2.75, 3.05) is 19.8 Å². The largest absolute Gasteiger partial charge is 0.488 e. The lowest BCUT2D eigenvalue weighted by Crippen LogP contribution is -2.32. The zero-order valence-corrected chi connectivity index (χ0v) is 11.4. The molecular formula is C14H16ClNO3. The summed E-state index contributed by atoms with van der Waals surface area (Å²) in [7, 11) is 0. The third-order valence-electron chi connectivity index (χ3n) is 2.90. The number of amides is 1. The number of hydrogen-bond donors (Lipinski definition) is 2. The van der Waals surface area contributed by atoms with Crippen molar-refractivity contribution in [1.29, 1.82) is 0 Å². The Morgan fingerprint density at radius 1 is 1.58 bits per heavy atom. The summed E-state index contributed by atoms with van der Waals surface area (Å²) in [5, 5.41) is 12.3. The van der Waals surface area contributed by atoms with Gasteiger partial charge in [0.2, 0.25) is 0 Å². The van der Waals surface area contributed by atoms with E-state index in [9.17, 15) is 4.79 Å². The average Bonchev–Trinajstić information content (AvgIpc) is 2.43. The molecule has 0 bridgehead atoms. The van der Waals surface area contributed by atoms with Crippen LogP contribution >= 0.6 is 11.6 Å². The summed E-state index contributed by atoms with van der Waals surface area (Å²) in [5.41, 5.74) is 1.36. The van der Waals surface area contributed by atoms with Crippen LogP contribution in [0.2, 0.25) is 5.02 Å². The molecule has 1 atom stereocenters. The van der Waals surface area contributed by atoms with Crippen LogP contribution < -0.4 is 10.1 Å². The van der Waals surface area contributed by atoms with Gasteiger partial charge in [-0.1, -0.05) is 18.5 Å². The second-order valence-electron chi connectivity index (χ2n) is 4.64. The van der Waals surface area contributed by atoms with Gasteiger partial charge in [0.15, 0.2) is 0 Å². The van der Waals surface area contributed by atoms with Crippen LogP contribution in [0.5, 0.6) is 5.75 Å². The molecule has 0 radical (unpaired) electrons. The number of fused-ring (bicyclic) bond motifs is 1. The molecule has 0 saturated heterocycles. The van der Waals surface area contributed by atoms with Crippen LogP contribution in [0.25, 0.3) is 6.08 Å². The van der Waals surface area contributed by atoms with Gasteiger partial charge in [-0.05, 0) is 30.2 Å². The predicted octanol–water partition coefficient (Wildman–Crippen LogP) is 1.86. The summed E-state index contributed by atoms with van der Waals surface area (Å²) >= 11 is 5.91. The maximum Gasteiger partial charge on any atom is 0.250 e. The van der Waals surface area contributed by atoms with Crippen molar-refractivity contribution < 1.29 is 14.6 Å². The van der Waals surface area contributed by atoms with Gasteiger partial charge < -0.3 is 15.2 Å². The highest BCUT2D eigenvalue weighted by atomic mass is 35.5. The SMILES string of the molecule is CC(CO)CNC(=O)C1=Cc2cc(Cl)ccc2OC1. The van der Waals surface area contributed by atoms with Gasteiger partial charge in [0.1, 0.15) is 12.4 Å². The number of carbonyl (C=O) groups is 1. The molecule has 1 aromatic rings. The van der Waals surface area contributed by atoms with E-state index in [1.807, 2.05) is 6.92 Å². The molecule has 1 aliphatic rings. The molecule has 1 aliphatic heterocycles. The minimum atomic E-state index is -0.175. The highest BCUT2D eigenvalue weighted by Crippen LogP contribution is 2.28. The van der Waals surface area contributed by atoms with Gasteiger partial charge in [0, 0.05) is 23.7 Å². The number of aliphatic hydroxyl groups is 1. The van der Waals surface area contributed by atoms with Crippen LogP contribution in [0.1, 0.15) is 12.5 Å². The maximum absolute atomic E-state index is 11.9. The van der Waals surface area contributed by atoms with Gasteiger partial charge in [0.05, 0.1) is 5.57 Å². The molecule has 1 aromatic carbocycles. The molecule has 0 saturated carbocycles. The Bertz CT molecular complexity index is 513. The molecule has 0 fully saturated rings. The molecule has 1 heterocycles. The highest BCUT2D eigenvalue weighted by Gasteiger charge is 2.17. The third-order valence-corrected chi connectivity index (χ3v) is 3.13. The first-order valence-electron chi connectivity index (χ1n) is 6.12. The Kier molecular flexibility index (Phi) is 4.45. The normalized spacial score (nSPS) is 15.0. The summed E-state index contributed by atoms with van der Waals surface area (Å²) in [6, 6.07) is 5.30. The van der Waals surface area contributed by atoms with E-state index in [0.29, 0.717) is 17.1 Å². The fraction of sp³-hybridized carbons (Fsp3) is 0.357. The Balaban J connectivity index is 2.08. The average molecular weight is 282 g/mol. The summed E-state index contributed by atoms with van der Waals surface area (Å²) in [6.07, 6.45) is 1.78. The number of halogens is 1. The Labute approximate surface area is 117 Å². The number of ether oxygens (including phenoxy) is 1. The van der Waals surface area contributed by atoms with Crippen molar-refractivity contribution >= 4 is 23.6 Å². The maximum atomic E-state index is 11.9. The van der Waals surface area contributed by atoms with Gasteiger partial charge in [-0.25, -0.2) is 0 Å². The lowest BCUT2D eigenvalue weighted by Gasteiger charge is -2.18. The van der Waals surface area contributed by atoms with Gasteiger partial charge in [0.25, 0.3) is 5.91 Å². The Morgan fingerprint density at radius 2 is 2.37 bits per heavy atom. The zero-order valence-electron chi connectivity index (χ0n) is 10.6. The fourth-order valence-electron chi connectivity index (χ4n) is 1.72. The van der Waals surface area contributed by atoms with Crippen LogP contribution in [0.3, 0.4) is 0 Å². The molecule has 1 unspecified atom stereocenters.